The molecule has 7 heteroatoms. The van der Waals surface area contributed by atoms with Gasteiger partial charge in [-0.25, -0.2) is 4.79 Å². The predicted molar refractivity (Wildman–Crippen MR) is 119 cm³/mol. The number of benzene rings is 2. The third-order valence-electron chi connectivity index (χ3n) is 5.85. The van der Waals surface area contributed by atoms with Gasteiger partial charge in [-0.05, 0) is 56.5 Å². The molecule has 0 spiro atoms. The van der Waals surface area contributed by atoms with Crippen LogP contribution in [0.25, 0.3) is 21.8 Å². The van der Waals surface area contributed by atoms with Crippen LogP contribution in [0.15, 0.2) is 36.4 Å². The molecule has 0 bridgehead atoms. The van der Waals surface area contributed by atoms with Crippen molar-refractivity contribution in [1.82, 2.24) is 15.2 Å². The highest BCUT2D eigenvalue weighted by Crippen LogP contribution is 2.30. The molecule has 2 amide bonds. The normalized spacial score (nSPS) is 16.0. The quantitative estimate of drug-likeness (QED) is 0.627. The highest BCUT2D eigenvalue weighted by atomic mass is 35.5. The molecule has 30 heavy (non-hydrogen) atoms. The second-order valence-electron chi connectivity index (χ2n) is 7.81. The number of piperidine rings is 1. The highest BCUT2D eigenvalue weighted by Gasteiger charge is 2.26. The largest absolute Gasteiger partial charge is 0.450 e. The zero-order chi connectivity index (χ0) is 21.3. The van der Waals surface area contributed by atoms with Gasteiger partial charge < -0.3 is 19.9 Å². The van der Waals surface area contributed by atoms with E-state index in [1.807, 2.05) is 43.3 Å². The Bertz CT molecular complexity index is 1090. The van der Waals surface area contributed by atoms with Crippen LogP contribution in [-0.2, 0) is 9.53 Å². The lowest BCUT2D eigenvalue weighted by Crippen LogP contribution is -2.47. The van der Waals surface area contributed by atoms with Gasteiger partial charge in [-0.2, -0.15) is 0 Å². The first-order chi connectivity index (χ1) is 14.5. The number of aromatic nitrogens is 1. The number of hydrogen-bond acceptors (Lipinski definition) is 3. The molecule has 1 aliphatic rings. The van der Waals surface area contributed by atoms with Crippen LogP contribution >= 0.6 is 11.6 Å². The van der Waals surface area contributed by atoms with Gasteiger partial charge in [0.2, 0.25) is 5.91 Å². The van der Waals surface area contributed by atoms with E-state index in [0.717, 1.165) is 40.2 Å². The number of carbonyl (C=O) groups excluding carboxylic acids is 2. The smallest absolute Gasteiger partial charge is 0.409 e. The van der Waals surface area contributed by atoms with Crippen molar-refractivity contribution in [3.05, 3.63) is 47.0 Å². The van der Waals surface area contributed by atoms with Crippen molar-refractivity contribution >= 4 is 45.4 Å². The number of likely N-dealkylation sites (tertiary alicyclic amines) is 1. The van der Waals surface area contributed by atoms with Crippen molar-refractivity contribution in [2.24, 2.45) is 0 Å². The minimum absolute atomic E-state index is 0.00286. The van der Waals surface area contributed by atoms with Gasteiger partial charge in [0, 0.05) is 46.0 Å². The molecule has 0 unspecified atom stereocenters. The number of amides is 2. The average Bonchev–Trinajstić information content (AvgIpc) is 3.10. The van der Waals surface area contributed by atoms with Crippen LogP contribution in [0, 0.1) is 0 Å². The van der Waals surface area contributed by atoms with E-state index in [0.29, 0.717) is 24.7 Å². The Labute approximate surface area is 180 Å². The van der Waals surface area contributed by atoms with Gasteiger partial charge in [0.25, 0.3) is 0 Å². The van der Waals surface area contributed by atoms with E-state index >= 15 is 0 Å². The van der Waals surface area contributed by atoms with E-state index in [-0.39, 0.29) is 24.0 Å². The predicted octanol–water partition coefficient (Wildman–Crippen LogP) is 4.82. The lowest BCUT2D eigenvalue weighted by atomic mass is 9.97. The van der Waals surface area contributed by atoms with E-state index in [9.17, 15) is 9.59 Å². The van der Waals surface area contributed by atoms with Crippen molar-refractivity contribution < 1.29 is 14.3 Å². The molecule has 0 saturated carbocycles. The van der Waals surface area contributed by atoms with Crippen LogP contribution in [0.4, 0.5) is 4.79 Å². The SMILES string of the molecule is CCOC(=O)N1CCC(NC(=O)[C@@H](C)c2ccc3c(c2)[nH]c2ccc(Cl)cc23)CC1. The molecule has 1 atom stereocenters. The Morgan fingerprint density at radius 2 is 1.93 bits per heavy atom. The highest BCUT2D eigenvalue weighted by molar-refractivity contribution is 6.31. The van der Waals surface area contributed by atoms with Crippen LogP contribution in [0.5, 0.6) is 0 Å². The standard InChI is InChI=1S/C23H26ClN3O3/c1-3-30-23(29)27-10-8-17(9-11-27)25-22(28)14(2)15-4-6-18-19-13-16(24)5-7-20(19)26-21(18)12-15/h4-7,12-14,17,26H,3,8-11H2,1-2H3,(H,25,28)/t14-/m0/s1. The first-order valence-corrected chi connectivity index (χ1v) is 10.8. The molecular formula is C23H26ClN3O3. The van der Waals surface area contributed by atoms with Crippen LogP contribution in [0.3, 0.4) is 0 Å². The second kappa shape index (κ2) is 8.56. The van der Waals surface area contributed by atoms with Gasteiger partial charge in [0.1, 0.15) is 0 Å². The summed E-state index contributed by atoms with van der Waals surface area (Å²) in [6.45, 7) is 5.29. The van der Waals surface area contributed by atoms with Gasteiger partial charge in [-0.3, -0.25) is 4.79 Å². The summed E-state index contributed by atoms with van der Waals surface area (Å²) in [6, 6.07) is 11.9. The van der Waals surface area contributed by atoms with E-state index in [1.165, 1.54) is 0 Å². The van der Waals surface area contributed by atoms with Gasteiger partial charge in [0.05, 0.1) is 12.5 Å². The summed E-state index contributed by atoms with van der Waals surface area (Å²) in [5, 5.41) is 6.02. The molecule has 158 valence electrons. The number of H-pyrrole nitrogens is 1. The summed E-state index contributed by atoms with van der Waals surface area (Å²) in [5.74, 6) is -0.268. The maximum Gasteiger partial charge on any atom is 0.409 e. The number of carbonyl (C=O) groups is 2. The molecule has 2 heterocycles. The molecule has 1 fully saturated rings. The van der Waals surface area contributed by atoms with Gasteiger partial charge >= 0.3 is 6.09 Å². The number of fused-ring (bicyclic) bond motifs is 3. The molecule has 6 nitrogen and oxygen atoms in total. The first kappa shape index (κ1) is 20.5. The van der Waals surface area contributed by atoms with Gasteiger partial charge in [-0.1, -0.05) is 23.7 Å². The summed E-state index contributed by atoms with van der Waals surface area (Å²) in [5.41, 5.74) is 2.98. The number of ether oxygens (including phenoxy) is 1. The number of aromatic amines is 1. The van der Waals surface area contributed by atoms with E-state index in [2.05, 4.69) is 10.3 Å². The molecule has 2 aromatic carbocycles. The molecule has 3 aromatic rings. The van der Waals surface area contributed by atoms with E-state index < -0.39 is 0 Å². The fraction of sp³-hybridized carbons (Fsp3) is 0.391. The summed E-state index contributed by atoms with van der Waals surface area (Å²) in [6.07, 6.45) is 1.20. The van der Waals surface area contributed by atoms with Crippen molar-refractivity contribution in [2.75, 3.05) is 19.7 Å². The summed E-state index contributed by atoms with van der Waals surface area (Å²) in [7, 11) is 0. The maximum absolute atomic E-state index is 12.8. The second-order valence-corrected chi connectivity index (χ2v) is 8.25. The van der Waals surface area contributed by atoms with Gasteiger partial charge in [-0.15, -0.1) is 0 Å². The topological polar surface area (TPSA) is 74.4 Å². The van der Waals surface area contributed by atoms with Crippen LogP contribution < -0.4 is 5.32 Å². The monoisotopic (exact) mass is 427 g/mol. The molecule has 1 aliphatic heterocycles. The molecule has 4 rings (SSSR count). The number of hydrogen-bond donors (Lipinski definition) is 2. The number of nitrogens with zero attached hydrogens (tertiary/aromatic N) is 1. The molecule has 1 aromatic heterocycles. The first-order valence-electron chi connectivity index (χ1n) is 10.4. The maximum atomic E-state index is 12.8. The Kier molecular flexibility index (Phi) is 5.86. The molecular weight excluding hydrogens is 402 g/mol. The summed E-state index contributed by atoms with van der Waals surface area (Å²) >= 11 is 6.14. The lowest BCUT2D eigenvalue weighted by Gasteiger charge is -2.32. The molecule has 1 saturated heterocycles. The summed E-state index contributed by atoms with van der Waals surface area (Å²) in [4.78, 5) is 29.8. The van der Waals surface area contributed by atoms with Crippen molar-refractivity contribution in [1.29, 1.82) is 0 Å². The van der Waals surface area contributed by atoms with Crippen molar-refractivity contribution in [3.63, 3.8) is 0 Å². The fourth-order valence-electron chi connectivity index (χ4n) is 4.06. The van der Waals surface area contributed by atoms with Crippen molar-refractivity contribution in [3.8, 4) is 0 Å². The molecule has 2 N–H and O–H groups in total. The lowest BCUT2D eigenvalue weighted by molar-refractivity contribution is -0.123. The molecule has 0 aliphatic carbocycles. The Balaban J connectivity index is 1.42. The number of rotatable bonds is 4. The van der Waals surface area contributed by atoms with E-state index in [4.69, 9.17) is 16.3 Å². The van der Waals surface area contributed by atoms with E-state index in [1.54, 1.807) is 11.8 Å². The fourth-order valence-corrected chi connectivity index (χ4v) is 4.23. The Morgan fingerprint density at radius 1 is 1.17 bits per heavy atom. The number of nitrogens with one attached hydrogen (secondary N) is 2. The number of halogens is 1. The van der Waals surface area contributed by atoms with Crippen LogP contribution in [0.1, 0.15) is 38.2 Å². The minimum atomic E-state index is -0.274. The average molecular weight is 428 g/mol. The minimum Gasteiger partial charge on any atom is -0.450 e. The van der Waals surface area contributed by atoms with Crippen LogP contribution in [-0.4, -0.2) is 47.6 Å². The zero-order valence-corrected chi connectivity index (χ0v) is 18.0. The summed E-state index contributed by atoms with van der Waals surface area (Å²) < 4.78 is 5.05. The van der Waals surface area contributed by atoms with Crippen LogP contribution in [0.2, 0.25) is 5.02 Å². The Hall–Kier alpha value is -2.73. The third-order valence-corrected chi connectivity index (χ3v) is 6.08. The third kappa shape index (κ3) is 4.10. The molecule has 0 radical (unpaired) electrons. The van der Waals surface area contributed by atoms with Gasteiger partial charge in [0.15, 0.2) is 0 Å². The Morgan fingerprint density at radius 3 is 2.67 bits per heavy atom. The van der Waals surface area contributed by atoms with Crippen molar-refractivity contribution in [2.45, 2.75) is 38.6 Å². The zero-order valence-electron chi connectivity index (χ0n) is 17.2.